The van der Waals surface area contributed by atoms with E-state index >= 15 is 0 Å². The van der Waals surface area contributed by atoms with Crippen LogP contribution in [0, 0.1) is 0 Å². The van der Waals surface area contributed by atoms with Gasteiger partial charge in [0.1, 0.15) is 0 Å². The van der Waals surface area contributed by atoms with Crippen molar-refractivity contribution in [3.8, 4) is 33.4 Å². The third-order valence-electron chi connectivity index (χ3n) is 9.96. The average molecular weight is 583 g/mol. The van der Waals surface area contributed by atoms with E-state index < -0.39 is 18.3 Å². The first-order valence-corrected chi connectivity index (χ1v) is 15.8. The Balaban J connectivity index is 1.30. The van der Waals surface area contributed by atoms with Crippen LogP contribution in [-0.4, -0.2) is 18.3 Å². The standard InChI is InChI=1S/C42H35BO2/c1-41(2)42(3,4)45-43(44-41)40-24-14-13-23-38(40)35-21-11-9-17-31(35)30-16-6-5-15-29(30)28-25-26-37-34-20-8-7-18-32(34)33-19-10-12-22-36(33)39(37)27-28/h5-27H,1-4H3. The molecule has 1 fully saturated rings. The maximum Gasteiger partial charge on any atom is 0.495 e. The normalized spacial score (nSPS) is 15.7. The zero-order valence-corrected chi connectivity index (χ0v) is 26.2. The van der Waals surface area contributed by atoms with Crippen molar-refractivity contribution in [3.05, 3.63) is 140 Å². The van der Waals surface area contributed by atoms with Crippen LogP contribution in [0.2, 0.25) is 0 Å². The molecule has 0 unspecified atom stereocenters. The highest BCUT2D eigenvalue weighted by atomic mass is 16.7. The SMILES string of the molecule is CC1(C)OB(c2ccccc2-c2ccccc2-c2ccccc2-c2ccc3c4ccccc4c4ccccc4c3c2)OC1(C)C. The first kappa shape index (κ1) is 27.8. The molecule has 3 heteroatoms. The highest BCUT2D eigenvalue weighted by molar-refractivity contribution is 6.64. The van der Waals surface area contributed by atoms with Crippen molar-refractivity contribution in [2.45, 2.75) is 38.9 Å². The number of hydrogen-bond donors (Lipinski definition) is 0. The molecular weight excluding hydrogens is 547 g/mol. The Kier molecular flexibility index (Phi) is 6.46. The van der Waals surface area contributed by atoms with Crippen LogP contribution < -0.4 is 5.46 Å². The molecule has 0 amide bonds. The predicted octanol–water partition coefficient (Wildman–Crippen LogP) is 10.4. The van der Waals surface area contributed by atoms with E-state index in [-0.39, 0.29) is 0 Å². The second-order valence-corrected chi connectivity index (χ2v) is 13.1. The van der Waals surface area contributed by atoms with Crippen molar-refractivity contribution >= 4 is 44.9 Å². The van der Waals surface area contributed by atoms with E-state index in [9.17, 15) is 0 Å². The summed E-state index contributed by atoms with van der Waals surface area (Å²) in [5.41, 5.74) is 7.28. The van der Waals surface area contributed by atoms with Crippen molar-refractivity contribution in [3.63, 3.8) is 0 Å². The van der Waals surface area contributed by atoms with Gasteiger partial charge in [0.05, 0.1) is 11.2 Å². The summed E-state index contributed by atoms with van der Waals surface area (Å²) in [5.74, 6) is 0. The van der Waals surface area contributed by atoms with Gasteiger partial charge < -0.3 is 9.31 Å². The van der Waals surface area contributed by atoms with Crippen LogP contribution >= 0.6 is 0 Å². The van der Waals surface area contributed by atoms with Crippen LogP contribution in [0.15, 0.2) is 140 Å². The van der Waals surface area contributed by atoms with Gasteiger partial charge in [-0.15, -0.1) is 0 Å². The zero-order chi connectivity index (χ0) is 30.8. The molecule has 2 nitrogen and oxygen atoms in total. The number of hydrogen-bond acceptors (Lipinski definition) is 2. The molecule has 0 N–H and O–H groups in total. The molecule has 1 saturated heterocycles. The van der Waals surface area contributed by atoms with Crippen molar-refractivity contribution < 1.29 is 9.31 Å². The van der Waals surface area contributed by atoms with Gasteiger partial charge >= 0.3 is 7.12 Å². The number of benzene rings is 7. The monoisotopic (exact) mass is 582 g/mol. The minimum absolute atomic E-state index is 0.414. The Labute approximate surface area is 265 Å². The molecule has 0 radical (unpaired) electrons. The molecule has 218 valence electrons. The van der Waals surface area contributed by atoms with Gasteiger partial charge in [-0.2, -0.15) is 0 Å². The van der Waals surface area contributed by atoms with Crippen LogP contribution in [0.1, 0.15) is 27.7 Å². The largest absolute Gasteiger partial charge is 0.495 e. The molecule has 0 bridgehead atoms. The summed E-state index contributed by atoms with van der Waals surface area (Å²) in [4.78, 5) is 0. The fourth-order valence-corrected chi connectivity index (χ4v) is 6.92. The lowest BCUT2D eigenvalue weighted by Crippen LogP contribution is -2.41. The number of rotatable bonds is 4. The highest BCUT2D eigenvalue weighted by Crippen LogP contribution is 2.42. The van der Waals surface area contributed by atoms with Crippen molar-refractivity contribution in [1.82, 2.24) is 0 Å². The second-order valence-electron chi connectivity index (χ2n) is 13.1. The van der Waals surface area contributed by atoms with Crippen molar-refractivity contribution in [1.29, 1.82) is 0 Å². The topological polar surface area (TPSA) is 18.5 Å². The van der Waals surface area contributed by atoms with Crippen molar-refractivity contribution in [2.24, 2.45) is 0 Å². The Morgan fingerprint density at radius 2 is 0.756 bits per heavy atom. The maximum atomic E-state index is 6.54. The molecule has 1 aliphatic rings. The second kappa shape index (κ2) is 10.4. The summed E-state index contributed by atoms with van der Waals surface area (Å²) in [7, 11) is -0.446. The van der Waals surface area contributed by atoms with Gasteiger partial charge in [0.2, 0.25) is 0 Å². The van der Waals surface area contributed by atoms with E-state index in [0.29, 0.717) is 0 Å². The first-order valence-electron chi connectivity index (χ1n) is 15.8. The van der Waals surface area contributed by atoms with Gasteiger partial charge in [-0.05, 0) is 105 Å². The van der Waals surface area contributed by atoms with Crippen LogP contribution in [0.25, 0.3) is 65.7 Å². The summed E-state index contributed by atoms with van der Waals surface area (Å²) in [6.07, 6.45) is 0. The van der Waals surface area contributed by atoms with Crippen LogP contribution in [0.5, 0.6) is 0 Å². The van der Waals surface area contributed by atoms with Gasteiger partial charge in [-0.1, -0.05) is 133 Å². The average Bonchev–Trinajstić information content (AvgIpc) is 3.30. The molecule has 0 aromatic heterocycles. The molecule has 8 rings (SSSR count). The van der Waals surface area contributed by atoms with Crippen LogP contribution in [0.3, 0.4) is 0 Å². The molecule has 7 aromatic carbocycles. The van der Waals surface area contributed by atoms with E-state index in [1.165, 1.54) is 54.6 Å². The van der Waals surface area contributed by atoms with Crippen molar-refractivity contribution in [2.75, 3.05) is 0 Å². The Morgan fingerprint density at radius 3 is 1.31 bits per heavy atom. The van der Waals surface area contributed by atoms with E-state index in [2.05, 4.69) is 167 Å². The van der Waals surface area contributed by atoms with Gasteiger partial charge in [0, 0.05) is 0 Å². The fraction of sp³-hybridized carbons (Fsp3) is 0.143. The van der Waals surface area contributed by atoms with Gasteiger partial charge in [0.25, 0.3) is 0 Å². The minimum atomic E-state index is -0.446. The Hall–Kier alpha value is -4.70. The molecule has 0 saturated carbocycles. The molecule has 45 heavy (non-hydrogen) atoms. The minimum Gasteiger partial charge on any atom is -0.399 e. The first-order chi connectivity index (χ1) is 21.8. The van der Waals surface area contributed by atoms with E-state index in [4.69, 9.17) is 9.31 Å². The Bertz CT molecular complexity index is 2200. The fourth-order valence-electron chi connectivity index (χ4n) is 6.92. The summed E-state index contributed by atoms with van der Waals surface area (Å²) in [5, 5.41) is 7.70. The highest BCUT2D eigenvalue weighted by Gasteiger charge is 2.52. The molecule has 1 heterocycles. The van der Waals surface area contributed by atoms with Gasteiger partial charge in [-0.25, -0.2) is 0 Å². The van der Waals surface area contributed by atoms with E-state index in [1.807, 2.05) is 0 Å². The van der Waals surface area contributed by atoms with Gasteiger partial charge in [-0.3, -0.25) is 0 Å². The van der Waals surface area contributed by atoms with Crippen LogP contribution in [0.4, 0.5) is 0 Å². The zero-order valence-electron chi connectivity index (χ0n) is 26.2. The molecular formula is C42H35BO2. The van der Waals surface area contributed by atoms with E-state index in [0.717, 1.165) is 16.6 Å². The molecule has 0 aliphatic carbocycles. The summed E-state index contributed by atoms with van der Waals surface area (Å²) in [6, 6.07) is 50.5. The third kappa shape index (κ3) is 4.50. The summed E-state index contributed by atoms with van der Waals surface area (Å²) < 4.78 is 13.1. The lowest BCUT2D eigenvalue weighted by atomic mass is 9.73. The van der Waals surface area contributed by atoms with Gasteiger partial charge in [0.15, 0.2) is 0 Å². The number of fused-ring (bicyclic) bond motifs is 6. The smallest absolute Gasteiger partial charge is 0.399 e. The summed E-state index contributed by atoms with van der Waals surface area (Å²) >= 11 is 0. The third-order valence-corrected chi connectivity index (χ3v) is 9.96. The van der Waals surface area contributed by atoms with E-state index in [1.54, 1.807) is 0 Å². The Morgan fingerprint density at radius 1 is 0.378 bits per heavy atom. The summed E-state index contributed by atoms with van der Waals surface area (Å²) in [6.45, 7) is 8.43. The lowest BCUT2D eigenvalue weighted by Gasteiger charge is -2.32. The molecule has 7 aromatic rings. The maximum absolute atomic E-state index is 6.54. The molecule has 0 spiro atoms. The lowest BCUT2D eigenvalue weighted by molar-refractivity contribution is 0.00578. The molecule has 0 atom stereocenters. The quantitative estimate of drug-likeness (QED) is 0.152. The predicted molar refractivity (Wildman–Crippen MR) is 191 cm³/mol. The molecule has 1 aliphatic heterocycles. The van der Waals surface area contributed by atoms with Crippen LogP contribution in [-0.2, 0) is 9.31 Å².